The Morgan fingerprint density at radius 2 is 0.424 bits per heavy atom. The van der Waals surface area contributed by atoms with Gasteiger partial charge in [0.05, 0.1) is 0 Å². The summed E-state index contributed by atoms with van der Waals surface area (Å²) in [4.78, 5) is 4.89. The Balaban J connectivity index is 0.857. The van der Waals surface area contributed by atoms with Gasteiger partial charge in [-0.25, -0.2) is 0 Å². The summed E-state index contributed by atoms with van der Waals surface area (Å²) in [5.74, 6) is 0. The fraction of sp³-hybridized carbons (Fsp3) is 0. The first-order valence-electron chi connectivity index (χ1n) is 29.2. The number of benzene rings is 14. The van der Waals surface area contributed by atoms with E-state index in [4.69, 9.17) is 0 Å². The largest absolute Gasteiger partial charge is 0.310 e. The highest BCUT2D eigenvalue weighted by Crippen LogP contribution is 2.44. The number of anilines is 6. The van der Waals surface area contributed by atoms with Crippen LogP contribution < -0.4 is 51.3 Å². The molecule has 0 aliphatic rings. The number of fused-ring (bicyclic) bond motifs is 5. The predicted molar refractivity (Wildman–Crippen MR) is 371 cm³/mol. The maximum absolute atomic E-state index is 2.74. The Kier molecular flexibility index (Phi) is 13.5. The Morgan fingerprint density at radius 1 is 0.188 bits per heavy atom. The van der Waals surface area contributed by atoms with Crippen LogP contribution in [0.5, 0.6) is 0 Å². The number of hydrogen-bond acceptors (Lipinski definition) is 3. The van der Waals surface area contributed by atoms with Crippen LogP contribution in [0.1, 0.15) is 0 Å². The van der Waals surface area contributed by atoms with E-state index in [9.17, 15) is 0 Å². The molecule has 0 atom stereocenters. The third-order valence-electron chi connectivity index (χ3n) is 17.3. The lowest BCUT2D eigenvalue weighted by atomic mass is 10.1. The molecule has 0 amide bonds. The lowest BCUT2D eigenvalue weighted by Crippen LogP contribution is -2.74. The van der Waals surface area contributed by atoms with Crippen molar-refractivity contribution in [2.45, 2.75) is 0 Å². The summed E-state index contributed by atoms with van der Waals surface area (Å²) in [7, 11) is -5.49. The van der Waals surface area contributed by atoms with E-state index in [1.54, 1.807) is 0 Å². The predicted octanol–water partition coefficient (Wildman–Crippen LogP) is 16.1. The van der Waals surface area contributed by atoms with E-state index in [-0.39, 0.29) is 0 Å². The molecule has 0 aliphatic heterocycles. The van der Waals surface area contributed by atoms with Crippen LogP contribution in [0.25, 0.3) is 41.7 Å². The molecule has 15 aromatic rings. The average molecular weight is 1140 g/mol. The average Bonchev–Trinajstić information content (AvgIpc) is 2.17. The molecule has 14 aromatic carbocycles. The third-order valence-corrected chi connectivity index (χ3v) is 28.0. The Labute approximate surface area is 503 Å². The normalized spacial score (nSPS) is 11.8. The fourth-order valence-corrected chi connectivity index (χ4v) is 24.1. The van der Waals surface area contributed by atoms with Gasteiger partial charge in [0, 0.05) is 54.3 Å². The number of thiophene rings is 1. The first-order chi connectivity index (χ1) is 42.1. The minimum absolute atomic E-state index is 1.10. The van der Waals surface area contributed by atoms with E-state index in [1.807, 2.05) is 11.3 Å². The number of rotatable bonds is 14. The van der Waals surface area contributed by atoms with E-state index in [0.717, 1.165) is 34.1 Å². The molecule has 0 saturated carbocycles. The van der Waals surface area contributed by atoms with Gasteiger partial charge in [-0.1, -0.05) is 279 Å². The van der Waals surface area contributed by atoms with Crippen molar-refractivity contribution in [3.05, 3.63) is 352 Å². The number of nitrogens with zero attached hydrogens (tertiary/aromatic N) is 2. The van der Waals surface area contributed by atoms with E-state index in [2.05, 4.69) is 362 Å². The second-order valence-electron chi connectivity index (χ2n) is 22.0. The summed E-state index contributed by atoms with van der Waals surface area (Å²) in [6, 6.07) is 131. The van der Waals surface area contributed by atoms with E-state index >= 15 is 0 Å². The van der Waals surface area contributed by atoms with Gasteiger partial charge < -0.3 is 9.80 Å². The molecular weight excluding hydrogens is 1080 g/mol. The minimum Gasteiger partial charge on any atom is -0.310 e. The Bertz CT molecular complexity index is 4310. The van der Waals surface area contributed by atoms with Crippen molar-refractivity contribution in [1.82, 2.24) is 0 Å². The van der Waals surface area contributed by atoms with Crippen LogP contribution >= 0.6 is 11.3 Å². The van der Waals surface area contributed by atoms with E-state index in [1.165, 1.54) is 83.2 Å². The minimum atomic E-state index is -2.74. The summed E-state index contributed by atoms with van der Waals surface area (Å²) in [5, 5.41) is 18.2. The summed E-state index contributed by atoms with van der Waals surface area (Å²) < 4.78 is 2.47. The van der Waals surface area contributed by atoms with Gasteiger partial charge in [-0.3, -0.25) is 0 Å². The standard InChI is InChI=1S/C80H58N2SSi2/c1-7-27-69(28-8-1)84(70-29-9-2-10-30-70,71-31-11-3-12-32-71)75-49-43-63(44-50-75)81(65-41-39-59-23-19-21-25-61(59)55-65)67-47-53-77-78-54-48-68(58-80(78)83-79(77)57-67)82(66-42-40-60-24-20-22-26-62(60)56-66)64-45-51-76(52-46-64)85(72-33-13-4-14-34-72,73-35-15-5-16-36-73)74-37-17-6-18-38-74/h1-58H. The molecule has 0 aliphatic carbocycles. The van der Waals surface area contributed by atoms with Crippen LogP contribution in [-0.4, -0.2) is 16.1 Å². The van der Waals surface area contributed by atoms with Crippen molar-refractivity contribution in [3.8, 4) is 0 Å². The van der Waals surface area contributed by atoms with Crippen molar-refractivity contribution < 1.29 is 0 Å². The van der Waals surface area contributed by atoms with Crippen LogP contribution in [0.4, 0.5) is 34.1 Å². The highest BCUT2D eigenvalue weighted by atomic mass is 32.1. The van der Waals surface area contributed by atoms with Gasteiger partial charge in [-0.05, 0) is 136 Å². The van der Waals surface area contributed by atoms with Gasteiger partial charge >= 0.3 is 0 Å². The van der Waals surface area contributed by atoms with Crippen molar-refractivity contribution in [1.29, 1.82) is 0 Å². The first-order valence-corrected chi connectivity index (χ1v) is 34.0. The monoisotopic (exact) mass is 1130 g/mol. The highest BCUT2D eigenvalue weighted by Gasteiger charge is 2.43. The molecule has 0 unspecified atom stereocenters. The van der Waals surface area contributed by atoms with Crippen molar-refractivity contribution in [3.63, 3.8) is 0 Å². The molecule has 0 fully saturated rings. The lowest BCUT2D eigenvalue weighted by Gasteiger charge is -2.35. The Hall–Kier alpha value is -10.1. The Morgan fingerprint density at radius 3 is 0.729 bits per heavy atom. The molecular formula is C80H58N2SSi2. The SMILES string of the molecule is c1ccc([Si](c2ccccc2)(c2ccccc2)c2ccc(N(c3ccc4ccccc4c3)c3ccc4c(c3)sc3cc(N(c5ccc([Si](c6ccccc6)(c6ccccc6)c6ccccc6)cc5)c5ccc6ccccc6c5)ccc34)cc2)cc1. The van der Waals surface area contributed by atoms with Crippen molar-refractivity contribution >= 4 is 145 Å². The lowest BCUT2D eigenvalue weighted by molar-refractivity contribution is 1.30. The van der Waals surface area contributed by atoms with Gasteiger partial charge in [0.2, 0.25) is 0 Å². The first kappa shape index (κ1) is 51.7. The van der Waals surface area contributed by atoms with Crippen LogP contribution in [0.2, 0.25) is 0 Å². The molecule has 0 spiro atoms. The maximum atomic E-state index is 2.44. The molecule has 0 saturated heterocycles. The molecule has 0 bridgehead atoms. The summed E-state index contributed by atoms with van der Waals surface area (Å²) in [6.07, 6.45) is 0. The number of hydrogen-bond donors (Lipinski definition) is 0. The molecule has 1 heterocycles. The highest BCUT2D eigenvalue weighted by molar-refractivity contribution is 7.26. The van der Waals surface area contributed by atoms with Crippen molar-refractivity contribution in [2.24, 2.45) is 0 Å². The van der Waals surface area contributed by atoms with Crippen LogP contribution in [0.3, 0.4) is 0 Å². The molecule has 15 rings (SSSR count). The van der Waals surface area contributed by atoms with E-state index < -0.39 is 16.1 Å². The van der Waals surface area contributed by atoms with E-state index in [0.29, 0.717) is 0 Å². The smallest absolute Gasteiger partial charge is 0.179 e. The van der Waals surface area contributed by atoms with Crippen LogP contribution in [0, 0.1) is 0 Å². The van der Waals surface area contributed by atoms with Gasteiger partial charge in [0.1, 0.15) is 0 Å². The quantitative estimate of drug-likeness (QED) is 0.0791. The molecule has 85 heavy (non-hydrogen) atoms. The molecule has 2 nitrogen and oxygen atoms in total. The van der Waals surface area contributed by atoms with Gasteiger partial charge in [0.15, 0.2) is 16.1 Å². The molecule has 0 radical (unpaired) electrons. The second-order valence-corrected chi connectivity index (χ2v) is 30.7. The zero-order chi connectivity index (χ0) is 56.6. The van der Waals surface area contributed by atoms with Crippen LogP contribution in [-0.2, 0) is 0 Å². The van der Waals surface area contributed by atoms with Crippen LogP contribution in [0.15, 0.2) is 352 Å². The van der Waals surface area contributed by atoms with Gasteiger partial charge in [-0.15, -0.1) is 11.3 Å². The summed E-state index contributed by atoms with van der Waals surface area (Å²) in [5.41, 5.74) is 6.65. The zero-order valence-electron chi connectivity index (χ0n) is 46.8. The zero-order valence-corrected chi connectivity index (χ0v) is 49.6. The molecule has 402 valence electrons. The molecule has 5 heteroatoms. The third kappa shape index (κ3) is 9.18. The summed E-state index contributed by atoms with van der Waals surface area (Å²) in [6.45, 7) is 0. The second kappa shape index (κ2) is 22.2. The summed E-state index contributed by atoms with van der Waals surface area (Å²) >= 11 is 1.87. The fourth-order valence-electron chi connectivity index (χ4n) is 13.4. The van der Waals surface area contributed by atoms with Gasteiger partial charge in [-0.2, -0.15) is 0 Å². The topological polar surface area (TPSA) is 6.48 Å². The molecule has 1 aromatic heterocycles. The molecule has 0 N–H and O–H groups in total. The maximum Gasteiger partial charge on any atom is 0.179 e. The van der Waals surface area contributed by atoms with Crippen molar-refractivity contribution in [2.75, 3.05) is 9.80 Å². The van der Waals surface area contributed by atoms with Gasteiger partial charge in [0.25, 0.3) is 0 Å².